The van der Waals surface area contributed by atoms with Gasteiger partial charge >= 0.3 is 0 Å². The number of rotatable bonds is 10. The number of benzene rings is 3. The van der Waals surface area contributed by atoms with Crippen molar-refractivity contribution in [2.45, 2.75) is 64.2 Å². The molecule has 170 valence electrons. The highest BCUT2D eigenvalue weighted by Crippen LogP contribution is 2.38. The molecule has 3 aromatic rings. The number of hydrogen-bond donors (Lipinski definition) is 2. The van der Waals surface area contributed by atoms with E-state index in [-0.39, 0.29) is 10.8 Å². The molecular formula is C30H40N2. The summed E-state index contributed by atoms with van der Waals surface area (Å²) in [7, 11) is 0. The van der Waals surface area contributed by atoms with Crippen LogP contribution < -0.4 is 11.5 Å². The van der Waals surface area contributed by atoms with Crippen LogP contribution in [0.25, 0.3) is 0 Å². The second-order valence-electron chi connectivity index (χ2n) is 9.93. The van der Waals surface area contributed by atoms with Crippen molar-refractivity contribution in [2.24, 2.45) is 11.5 Å². The van der Waals surface area contributed by atoms with Gasteiger partial charge in [-0.15, -0.1) is 0 Å². The molecule has 0 fully saturated rings. The zero-order valence-electron chi connectivity index (χ0n) is 20.3. The van der Waals surface area contributed by atoms with Gasteiger partial charge in [0.2, 0.25) is 0 Å². The average Bonchev–Trinajstić information content (AvgIpc) is 2.81. The van der Waals surface area contributed by atoms with Crippen LogP contribution in [-0.2, 0) is 23.7 Å². The molecule has 0 bridgehead atoms. The monoisotopic (exact) mass is 428 g/mol. The molecule has 0 aliphatic heterocycles. The fourth-order valence-electron chi connectivity index (χ4n) is 4.90. The largest absolute Gasteiger partial charge is 0.330 e. The van der Waals surface area contributed by atoms with Crippen LogP contribution in [-0.4, -0.2) is 13.1 Å². The average molecular weight is 429 g/mol. The van der Waals surface area contributed by atoms with E-state index in [1.54, 1.807) is 0 Å². The molecular weight excluding hydrogens is 388 g/mol. The summed E-state index contributed by atoms with van der Waals surface area (Å²) in [6, 6.07) is 26.9. The molecule has 2 nitrogen and oxygen atoms in total. The number of nitrogens with two attached hydrogens (primary N) is 2. The first-order chi connectivity index (χ1) is 15.3. The maximum atomic E-state index is 5.78. The van der Waals surface area contributed by atoms with Crippen LogP contribution in [0.3, 0.4) is 0 Å². The van der Waals surface area contributed by atoms with E-state index in [9.17, 15) is 0 Å². The number of aryl methyl sites for hydroxylation is 2. The summed E-state index contributed by atoms with van der Waals surface area (Å²) in [5, 5.41) is 0. The molecule has 0 heterocycles. The van der Waals surface area contributed by atoms with Gasteiger partial charge in [0.1, 0.15) is 0 Å². The lowest BCUT2D eigenvalue weighted by Gasteiger charge is -2.32. The Balaban J connectivity index is 1.93. The number of hydrogen-bond acceptors (Lipinski definition) is 2. The highest BCUT2D eigenvalue weighted by atomic mass is 14.5. The third kappa shape index (κ3) is 5.14. The molecule has 0 unspecified atom stereocenters. The van der Waals surface area contributed by atoms with Gasteiger partial charge in [0.15, 0.2) is 0 Å². The summed E-state index contributed by atoms with van der Waals surface area (Å²) in [6.07, 6.45) is 4.09. The van der Waals surface area contributed by atoms with Gasteiger partial charge in [0.25, 0.3) is 0 Å². The van der Waals surface area contributed by atoms with E-state index >= 15 is 0 Å². The van der Waals surface area contributed by atoms with E-state index in [0.29, 0.717) is 0 Å². The van der Waals surface area contributed by atoms with E-state index in [4.69, 9.17) is 11.5 Å². The minimum Gasteiger partial charge on any atom is -0.330 e. The van der Waals surface area contributed by atoms with Crippen LogP contribution in [0.15, 0.2) is 72.8 Å². The third-order valence-corrected chi connectivity index (χ3v) is 7.01. The quantitative estimate of drug-likeness (QED) is 0.409. The van der Waals surface area contributed by atoms with Crippen molar-refractivity contribution in [3.05, 3.63) is 106 Å². The molecule has 2 heteroatoms. The molecule has 0 spiro atoms. The predicted octanol–water partition coefficient (Wildman–Crippen LogP) is 6.12. The van der Waals surface area contributed by atoms with Crippen molar-refractivity contribution in [3.8, 4) is 0 Å². The van der Waals surface area contributed by atoms with Gasteiger partial charge in [0.05, 0.1) is 0 Å². The Morgan fingerprint density at radius 2 is 0.875 bits per heavy atom. The maximum Gasteiger partial charge on any atom is 0.0149 e. The van der Waals surface area contributed by atoms with E-state index < -0.39 is 0 Å². The van der Waals surface area contributed by atoms with Crippen LogP contribution in [0.4, 0.5) is 0 Å². The second-order valence-corrected chi connectivity index (χ2v) is 9.93. The molecule has 0 radical (unpaired) electrons. The maximum absolute atomic E-state index is 5.78. The van der Waals surface area contributed by atoms with Crippen molar-refractivity contribution in [1.82, 2.24) is 0 Å². The molecule has 3 rings (SSSR count). The Labute approximate surface area is 195 Å². The molecule has 0 saturated carbocycles. The molecule has 0 aromatic heterocycles. The lowest BCUT2D eigenvalue weighted by Crippen LogP contribution is -2.23. The lowest BCUT2D eigenvalue weighted by molar-refractivity contribution is 0.615. The van der Waals surface area contributed by atoms with E-state index in [1.165, 1.54) is 33.4 Å². The molecule has 0 amide bonds. The van der Waals surface area contributed by atoms with Crippen molar-refractivity contribution >= 4 is 0 Å². The van der Waals surface area contributed by atoms with Gasteiger partial charge in [-0.05, 0) is 72.2 Å². The summed E-state index contributed by atoms with van der Waals surface area (Å²) < 4.78 is 0. The van der Waals surface area contributed by atoms with Crippen LogP contribution in [0.1, 0.15) is 73.9 Å². The Kier molecular flexibility index (Phi) is 7.92. The molecule has 32 heavy (non-hydrogen) atoms. The SMILES string of the molecule is CC(C)(c1ccc(C(C)(C)c2ccccc2CCCN)cc1)c1ccccc1CCCN. The van der Waals surface area contributed by atoms with Crippen LogP contribution in [0.2, 0.25) is 0 Å². The van der Waals surface area contributed by atoms with Gasteiger partial charge in [-0.25, -0.2) is 0 Å². The second kappa shape index (κ2) is 10.5. The minimum atomic E-state index is -0.0626. The van der Waals surface area contributed by atoms with Gasteiger partial charge in [0, 0.05) is 10.8 Å². The fourth-order valence-corrected chi connectivity index (χ4v) is 4.90. The summed E-state index contributed by atoms with van der Waals surface area (Å²) in [5.74, 6) is 0. The van der Waals surface area contributed by atoms with Crippen molar-refractivity contribution in [1.29, 1.82) is 0 Å². The standard InChI is InChI=1S/C30H40N2/c1-29(2,27-15-7-5-11-23(27)13-9-21-31)25-17-19-26(20-18-25)30(3,4)28-16-8-6-12-24(28)14-10-22-32/h5-8,11-12,15-20H,9-10,13-14,21-22,31-32H2,1-4H3. The van der Waals surface area contributed by atoms with Crippen molar-refractivity contribution in [2.75, 3.05) is 13.1 Å². The Morgan fingerprint density at radius 1 is 0.531 bits per heavy atom. The summed E-state index contributed by atoms with van der Waals surface area (Å²) >= 11 is 0. The van der Waals surface area contributed by atoms with Gasteiger partial charge in [-0.1, -0.05) is 100 Å². The molecule has 0 saturated heterocycles. The zero-order chi connectivity index (χ0) is 23.2. The normalized spacial score (nSPS) is 12.2. The van der Waals surface area contributed by atoms with E-state index in [1.807, 2.05) is 0 Å². The topological polar surface area (TPSA) is 52.0 Å². The lowest BCUT2D eigenvalue weighted by atomic mass is 9.72. The Morgan fingerprint density at radius 3 is 1.22 bits per heavy atom. The van der Waals surface area contributed by atoms with Crippen molar-refractivity contribution < 1.29 is 0 Å². The van der Waals surface area contributed by atoms with Crippen LogP contribution in [0.5, 0.6) is 0 Å². The van der Waals surface area contributed by atoms with Crippen LogP contribution in [0, 0.1) is 0 Å². The Hall–Kier alpha value is -2.42. The van der Waals surface area contributed by atoms with Gasteiger partial charge in [-0.3, -0.25) is 0 Å². The first-order valence-corrected chi connectivity index (χ1v) is 12.0. The molecule has 3 aromatic carbocycles. The highest BCUT2D eigenvalue weighted by molar-refractivity contribution is 5.47. The summed E-state index contributed by atoms with van der Waals surface area (Å²) in [4.78, 5) is 0. The fraction of sp³-hybridized carbons (Fsp3) is 0.400. The van der Waals surface area contributed by atoms with Gasteiger partial charge in [-0.2, -0.15) is 0 Å². The first kappa shape index (κ1) is 24.2. The molecule has 4 N–H and O–H groups in total. The summed E-state index contributed by atoms with van der Waals surface area (Å²) in [5.41, 5.74) is 19.7. The minimum absolute atomic E-state index is 0.0626. The first-order valence-electron chi connectivity index (χ1n) is 12.0. The van der Waals surface area contributed by atoms with Gasteiger partial charge < -0.3 is 11.5 Å². The Bertz CT molecular complexity index is 917. The smallest absolute Gasteiger partial charge is 0.0149 e. The zero-order valence-corrected chi connectivity index (χ0v) is 20.3. The predicted molar refractivity (Wildman–Crippen MR) is 138 cm³/mol. The molecule has 0 aliphatic carbocycles. The van der Waals surface area contributed by atoms with Crippen LogP contribution >= 0.6 is 0 Å². The van der Waals surface area contributed by atoms with Crippen molar-refractivity contribution in [3.63, 3.8) is 0 Å². The third-order valence-electron chi connectivity index (χ3n) is 7.01. The molecule has 0 atom stereocenters. The van der Waals surface area contributed by atoms with E-state index in [2.05, 4.69) is 100 Å². The van der Waals surface area contributed by atoms with E-state index in [0.717, 1.165) is 38.8 Å². The summed E-state index contributed by atoms with van der Waals surface area (Å²) in [6.45, 7) is 10.8. The molecule has 0 aliphatic rings. The highest BCUT2D eigenvalue weighted by Gasteiger charge is 2.28.